The first kappa shape index (κ1) is 12.4. The van der Waals surface area contributed by atoms with Crippen LogP contribution >= 0.6 is 0 Å². The Morgan fingerprint density at radius 2 is 2.33 bits per heavy atom. The van der Waals surface area contributed by atoms with Crippen LogP contribution in [0.3, 0.4) is 0 Å². The zero-order valence-corrected chi connectivity index (χ0v) is 9.97. The molecule has 1 aliphatic rings. The van der Waals surface area contributed by atoms with Gasteiger partial charge in [-0.25, -0.2) is 4.79 Å². The van der Waals surface area contributed by atoms with E-state index in [4.69, 9.17) is 9.84 Å². The molecular weight excluding hydrogens is 236 g/mol. The molecule has 18 heavy (non-hydrogen) atoms. The van der Waals surface area contributed by atoms with E-state index in [2.05, 4.69) is 5.32 Å². The number of nitrogens with zero attached hydrogens (tertiary/aromatic N) is 1. The molecule has 1 aromatic carbocycles. The largest absolute Gasteiger partial charge is 0.478 e. The van der Waals surface area contributed by atoms with Gasteiger partial charge in [0.15, 0.2) is 0 Å². The Morgan fingerprint density at radius 3 is 3.00 bits per heavy atom. The summed E-state index contributed by atoms with van der Waals surface area (Å²) < 4.78 is 4.98. The molecule has 0 fully saturated rings. The number of hydrogen-bond acceptors (Lipinski definition) is 4. The van der Waals surface area contributed by atoms with Crippen molar-refractivity contribution in [2.75, 3.05) is 37.0 Å². The molecule has 0 spiro atoms. The fourth-order valence-electron chi connectivity index (χ4n) is 1.95. The number of carboxylic acid groups (broad SMARTS) is 1. The van der Waals surface area contributed by atoms with Crippen molar-refractivity contribution < 1.29 is 19.4 Å². The average Bonchev–Trinajstić information content (AvgIpc) is 2.34. The minimum Gasteiger partial charge on any atom is -0.478 e. The number of hydrogen-bond donors (Lipinski definition) is 2. The van der Waals surface area contributed by atoms with Gasteiger partial charge in [0.05, 0.1) is 30.1 Å². The van der Waals surface area contributed by atoms with E-state index >= 15 is 0 Å². The van der Waals surface area contributed by atoms with E-state index in [1.54, 1.807) is 19.2 Å². The maximum Gasteiger partial charge on any atom is 0.337 e. The number of nitrogens with one attached hydrogen (secondary N) is 1. The molecule has 0 aromatic heterocycles. The van der Waals surface area contributed by atoms with Crippen molar-refractivity contribution in [3.05, 3.63) is 23.8 Å². The first-order valence-electron chi connectivity index (χ1n) is 5.53. The Balaban J connectivity index is 2.40. The van der Waals surface area contributed by atoms with E-state index in [1.807, 2.05) is 4.90 Å². The van der Waals surface area contributed by atoms with Crippen LogP contribution in [0.2, 0.25) is 0 Å². The SMILES string of the molecule is COCCN1CC(=O)Nc2c(C(=O)O)cccc21. The van der Waals surface area contributed by atoms with Crippen LogP contribution in [-0.4, -0.2) is 43.8 Å². The van der Waals surface area contributed by atoms with E-state index < -0.39 is 5.97 Å². The number of carbonyl (C=O) groups is 2. The third-order valence-electron chi connectivity index (χ3n) is 2.78. The Hall–Kier alpha value is -2.08. The molecule has 0 atom stereocenters. The van der Waals surface area contributed by atoms with Crippen LogP contribution in [0, 0.1) is 0 Å². The van der Waals surface area contributed by atoms with Crippen molar-refractivity contribution in [3.8, 4) is 0 Å². The number of rotatable bonds is 4. The third kappa shape index (κ3) is 2.28. The third-order valence-corrected chi connectivity index (χ3v) is 2.78. The molecule has 6 nitrogen and oxygen atoms in total. The number of anilines is 2. The van der Waals surface area contributed by atoms with Crippen molar-refractivity contribution >= 4 is 23.3 Å². The van der Waals surface area contributed by atoms with E-state index in [-0.39, 0.29) is 18.0 Å². The summed E-state index contributed by atoms with van der Waals surface area (Å²) in [7, 11) is 1.58. The van der Waals surface area contributed by atoms with Gasteiger partial charge in [-0.2, -0.15) is 0 Å². The molecule has 96 valence electrons. The van der Waals surface area contributed by atoms with Crippen molar-refractivity contribution in [3.63, 3.8) is 0 Å². The Bertz CT molecular complexity index is 487. The van der Waals surface area contributed by atoms with Gasteiger partial charge in [0.2, 0.25) is 5.91 Å². The van der Waals surface area contributed by atoms with Gasteiger partial charge < -0.3 is 20.1 Å². The highest BCUT2D eigenvalue weighted by Crippen LogP contribution is 2.32. The lowest BCUT2D eigenvalue weighted by Crippen LogP contribution is -2.40. The van der Waals surface area contributed by atoms with Gasteiger partial charge in [-0.15, -0.1) is 0 Å². The number of amides is 1. The zero-order valence-electron chi connectivity index (χ0n) is 9.97. The van der Waals surface area contributed by atoms with Gasteiger partial charge in [0, 0.05) is 13.7 Å². The van der Waals surface area contributed by atoms with Gasteiger partial charge in [-0.1, -0.05) is 6.07 Å². The molecule has 1 heterocycles. The van der Waals surface area contributed by atoms with E-state index in [0.717, 1.165) is 0 Å². The molecular formula is C12H14N2O4. The highest BCUT2D eigenvalue weighted by Gasteiger charge is 2.25. The van der Waals surface area contributed by atoms with Crippen LogP contribution < -0.4 is 10.2 Å². The number of carbonyl (C=O) groups excluding carboxylic acids is 1. The lowest BCUT2D eigenvalue weighted by Gasteiger charge is -2.31. The Morgan fingerprint density at radius 1 is 1.56 bits per heavy atom. The predicted molar refractivity (Wildman–Crippen MR) is 66.1 cm³/mol. The smallest absolute Gasteiger partial charge is 0.337 e. The summed E-state index contributed by atoms with van der Waals surface area (Å²) in [6.45, 7) is 1.23. The maximum atomic E-state index is 11.6. The topological polar surface area (TPSA) is 78.9 Å². The van der Waals surface area contributed by atoms with Crippen LogP contribution in [0.15, 0.2) is 18.2 Å². The van der Waals surface area contributed by atoms with Crippen LogP contribution in [0.1, 0.15) is 10.4 Å². The zero-order chi connectivity index (χ0) is 13.1. The normalized spacial score (nSPS) is 14.1. The van der Waals surface area contributed by atoms with E-state index in [9.17, 15) is 9.59 Å². The molecule has 1 aliphatic heterocycles. The summed E-state index contributed by atoms with van der Waals surface area (Å²) >= 11 is 0. The molecule has 2 N–H and O–H groups in total. The monoisotopic (exact) mass is 250 g/mol. The van der Waals surface area contributed by atoms with Gasteiger partial charge in [-0.3, -0.25) is 4.79 Å². The minimum atomic E-state index is -1.05. The predicted octanol–water partition coefficient (Wildman–Crippen LogP) is 0.790. The van der Waals surface area contributed by atoms with Crippen molar-refractivity contribution in [1.29, 1.82) is 0 Å². The Labute approximate surface area is 104 Å². The Kier molecular flexibility index (Phi) is 3.47. The highest BCUT2D eigenvalue weighted by atomic mass is 16.5. The molecule has 6 heteroatoms. The summed E-state index contributed by atoms with van der Waals surface area (Å²) in [5, 5.41) is 11.7. The second-order valence-electron chi connectivity index (χ2n) is 3.97. The van der Waals surface area contributed by atoms with Crippen molar-refractivity contribution in [2.24, 2.45) is 0 Å². The number of carboxylic acids is 1. The van der Waals surface area contributed by atoms with Crippen molar-refractivity contribution in [1.82, 2.24) is 0 Å². The number of methoxy groups -OCH3 is 1. The molecule has 0 aliphatic carbocycles. The van der Waals surface area contributed by atoms with Crippen molar-refractivity contribution in [2.45, 2.75) is 0 Å². The molecule has 0 bridgehead atoms. The summed E-state index contributed by atoms with van der Waals surface area (Å²) in [4.78, 5) is 24.5. The first-order chi connectivity index (χ1) is 8.63. The number of aromatic carboxylic acids is 1. The summed E-state index contributed by atoms with van der Waals surface area (Å²) in [5.41, 5.74) is 1.17. The van der Waals surface area contributed by atoms with E-state index in [1.165, 1.54) is 6.07 Å². The number of para-hydroxylation sites is 1. The first-order valence-corrected chi connectivity index (χ1v) is 5.53. The highest BCUT2D eigenvalue weighted by molar-refractivity contribution is 6.08. The average molecular weight is 250 g/mol. The fraction of sp³-hybridized carbons (Fsp3) is 0.333. The van der Waals surface area contributed by atoms with E-state index in [0.29, 0.717) is 24.5 Å². The maximum absolute atomic E-state index is 11.6. The van der Waals surface area contributed by atoms with Crippen LogP contribution in [-0.2, 0) is 9.53 Å². The number of ether oxygens (including phenoxy) is 1. The molecule has 1 aromatic rings. The number of benzene rings is 1. The van der Waals surface area contributed by atoms with Gasteiger partial charge >= 0.3 is 5.97 Å². The van der Waals surface area contributed by atoms with Gasteiger partial charge in [-0.05, 0) is 12.1 Å². The molecule has 1 amide bonds. The standard InChI is InChI=1S/C12H14N2O4/c1-18-6-5-14-7-10(15)13-11-8(12(16)17)3-2-4-9(11)14/h2-4H,5-7H2,1H3,(H,13,15)(H,16,17). The van der Waals surface area contributed by atoms with Crippen LogP contribution in [0.5, 0.6) is 0 Å². The summed E-state index contributed by atoms with van der Waals surface area (Å²) in [6.07, 6.45) is 0. The lowest BCUT2D eigenvalue weighted by atomic mass is 10.1. The molecule has 0 unspecified atom stereocenters. The summed E-state index contributed by atoms with van der Waals surface area (Å²) in [5.74, 6) is -1.27. The second-order valence-corrected chi connectivity index (χ2v) is 3.97. The molecule has 2 rings (SSSR count). The quantitative estimate of drug-likeness (QED) is 0.826. The molecule has 0 radical (unpaired) electrons. The lowest BCUT2D eigenvalue weighted by molar-refractivity contribution is -0.115. The fourth-order valence-corrected chi connectivity index (χ4v) is 1.95. The molecule has 0 saturated carbocycles. The van der Waals surface area contributed by atoms with Crippen LogP contribution in [0.4, 0.5) is 11.4 Å². The molecule has 0 saturated heterocycles. The summed E-state index contributed by atoms with van der Waals surface area (Å²) in [6, 6.07) is 4.93. The minimum absolute atomic E-state index is 0.1000. The van der Waals surface area contributed by atoms with Gasteiger partial charge in [0.25, 0.3) is 0 Å². The van der Waals surface area contributed by atoms with Gasteiger partial charge in [0.1, 0.15) is 0 Å². The second kappa shape index (κ2) is 5.05. The number of fused-ring (bicyclic) bond motifs is 1. The van der Waals surface area contributed by atoms with Crippen LogP contribution in [0.25, 0.3) is 0 Å².